The number of carbonyl (C=O) groups is 4. The van der Waals surface area contributed by atoms with Crippen molar-refractivity contribution in [3.05, 3.63) is 136 Å². The van der Waals surface area contributed by atoms with E-state index in [4.69, 9.17) is 14.2 Å². The molecule has 47 heavy (non-hydrogen) atoms. The van der Waals surface area contributed by atoms with E-state index in [1.165, 1.54) is 13.2 Å². The number of methoxy groups -OCH3 is 1. The van der Waals surface area contributed by atoms with Crippen LogP contribution >= 0.6 is 0 Å². The number of aryl methyl sites for hydroxylation is 3. The van der Waals surface area contributed by atoms with Crippen molar-refractivity contribution in [2.75, 3.05) is 7.11 Å². The Morgan fingerprint density at radius 2 is 1.30 bits per heavy atom. The summed E-state index contributed by atoms with van der Waals surface area (Å²) in [6, 6.07) is 25.4. The number of hydrogen-bond donors (Lipinski definition) is 0. The maximum Gasteiger partial charge on any atom is 0.439 e. The van der Waals surface area contributed by atoms with E-state index in [-0.39, 0.29) is 16.7 Å². The molecule has 1 unspecified atom stereocenters. The molecule has 4 rings (SSSR count). The molecule has 4 aromatic carbocycles. The average Bonchev–Trinajstić information content (AvgIpc) is 3.02. The van der Waals surface area contributed by atoms with E-state index in [2.05, 4.69) is 0 Å². The standard InChI is InChI=1S/C38H40N2O7/c1-24-21-25(2)23-29(22-24)33(41)40(38(5,6)7)39(34(42)31-19-14-20-32(45-8)27(31)4)37(44)47-36(30-18-13-12-15-26(30)3)46-35(43)28-16-10-9-11-17-28/h9-23,36H,1-8H3. The molecule has 0 radical (unpaired) electrons. The van der Waals surface area contributed by atoms with Crippen LogP contribution in [0.25, 0.3) is 0 Å². The van der Waals surface area contributed by atoms with Gasteiger partial charge in [-0.3, -0.25) is 9.59 Å². The smallest absolute Gasteiger partial charge is 0.439 e. The number of esters is 1. The molecule has 0 aliphatic carbocycles. The Balaban J connectivity index is 1.87. The molecule has 9 nitrogen and oxygen atoms in total. The summed E-state index contributed by atoms with van der Waals surface area (Å²) < 4.78 is 17.1. The first-order chi connectivity index (χ1) is 22.2. The van der Waals surface area contributed by atoms with Crippen LogP contribution in [0.15, 0.2) is 91.0 Å². The Kier molecular flexibility index (Phi) is 10.5. The third-order valence-electron chi connectivity index (χ3n) is 7.47. The van der Waals surface area contributed by atoms with Crippen molar-refractivity contribution in [3.8, 4) is 5.75 Å². The molecule has 1 atom stereocenters. The van der Waals surface area contributed by atoms with Gasteiger partial charge in [0.1, 0.15) is 5.75 Å². The Morgan fingerprint density at radius 3 is 1.89 bits per heavy atom. The fourth-order valence-corrected chi connectivity index (χ4v) is 5.24. The van der Waals surface area contributed by atoms with E-state index >= 15 is 0 Å². The van der Waals surface area contributed by atoms with Gasteiger partial charge in [0.15, 0.2) is 0 Å². The van der Waals surface area contributed by atoms with Crippen molar-refractivity contribution >= 4 is 23.9 Å². The van der Waals surface area contributed by atoms with Crippen molar-refractivity contribution in [3.63, 3.8) is 0 Å². The summed E-state index contributed by atoms with van der Waals surface area (Å²) in [5, 5.41) is 1.77. The predicted octanol–water partition coefficient (Wildman–Crippen LogP) is 7.92. The third-order valence-corrected chi connectivity index (χ3v) is 7.47. The molecule has 0 heterocycles. The highest BCUT2D eigenvalue weighted by molar-refractivity contribution is 6.07. The molecule has 0 aromatic heterocycles. The highest BCUT2D eigenvalue weighted by Crippen LogP contribution is 2.30. The van der Waals surface area contributed by atoms with E-state index in [0.717, 1.165) is 16.1 Å². The summed E-state index contributed by atoms with van der Waals surface area (Å²) in [5.74, 6) is -1.77. The molecule has 0 bridgehead atoms. The first kappa shape index (κ1) is 34.4. The third kappa shape index (κ3) is 7.87. The highest BCUT2D eigenvalue weighted by atomic mass is 16.7. The lowest BCUT2D eigenvalue weighted by Crippen LogP contribution is -2.60. The van der Waals surface area contributed by atoms with Crippen LogP contribution in [0.3, 0.4) is 0 Å². The van der Waals surface area contributed by atoms with Crippen LogP contribution in [0.5, 0.6) is 5.75 Å². The van der Waals surface area contributed by atoms with Gasteiger partial charge in [0, 0.05) is 22.3 Å². The molecule has 0 aliphatic rings. The Hall–Kier alpha value is -5.44. The molecule has 9 heteroatoms. The molecule has 0 spiro atoms. The summed E-state index contributed by atoms with van der Waals surface area (Å²) in [6.45, 7) is 12.3. The minimum atomic E-state index is -1.56. The number of carbonyl (C=O) groups excluding carboxylic acids is 4. The topological polar surface area (TPSA) is 102 Å². The quantitative estimate of drug-likeness (QED) is 0.115. The lowest BCUT2D eigenvalue weighted by molar-refractivity contribution is -0.103. The number of amides is 3. The van der Waals surface area contributed by atoms with E-state index in [1.54, 1.807) is 113 Å². The van der Waals surface area contributed by atoms with Crippen molar-refractivity contribution in [1.29, 1.82) is 0 Å². The first-order valence-electron chi connectivity index (χ1n) is 15.2. The van der Waals surface area contributed by atoms with Crippen LogP contribution in [0.4, 0.5) is 4.79 Å². The zero-order valence-corrected chi connectivity index (χ0v) is 28.0. The van der Waals surface area contributed by atoms with E-state index in [9.17, 15) is 19.2 Å². The van der Waals surface area contributed by atoms with Gasteiger partial charge < -0.3 is 14.2 Å². The van der Waals surface area contributed by atoms with Crippen molar-refractivity contribution < 1.29 is 33.4 Å². The van der Waals surface area contributed by atoms with Gasteiger partial charge in [-0.25, -0.2) is 14.6 Å². The zero-order chi connectivity index (χ0) is 34.5. The Labute approximate surface area is 275 Å². The van der Waals surface area contributed by atoms with Gasteiger partial charge in [-0.05, 0) is 90.4 Å². The van der Waals surface area contributed by atoms with Gasteiger partial charge in [-0.2, -0.15) is 0 Å². The second-order valence-electron chi connectivity index (χ2n) is 12.3. The maximum absolute atomic E-state index is 14.5. The second kappa shape index (κ2) is 14.3. The number of ether oxygens (including phenoxy) is 3. The normalized spacial score (nSPS) is 11.7. The molecule has 0 saturated heterocycles. The summed E-state index contributed by atoms with van der Waals surface area (Å²) in [6.07, 6.45) is -2.78. The number of hydrazine groups is 1. The number of nitrogens with zero attached hydrogens (tertiary/aromatic N) is 2. The van der Waals surface area contributed by atoms with Crippen LogP contribution in [-0.4, -0.2) is 46.5 Å². The second-order valence-corrected chi connectivity index (χ2v) is 12.3. The van der Waals surface area contributed by atoms with E-state index < -0.39 is 35.7 Å². The minimum Gasteiger partial charge on any atom is -0.496 e. The average molecular weight is 637 g/mol. The van der Waals surface area contributed by atoms with Gasteiger partial charge in [-0.1, -0.05) is 65.7 Å². The number of imide groups is 1. The lowest BCUT2D eigenvalue weighted by Gasteiger charge is -2.42. The van der Waals surface area contributed by atoms with Gasteiger partial charge in [0.2, 0.25) is 0 Å². The van der Waals surface area contributed by atoms with Crippen molar-refractivity contribution in [2.45, 2.75) is 60.3 Å². The first-order valence-corrected chi connectivity index (χ1v) is 15.2. The van der Waals surface area contributed by atoms with Crippen molar-refractivity contribution in [2.24, 2.45) is 0 Å². The molecular formula is C38H40N2O7. The van der Waals surface area contributed by atoms with E-state index in [0.29, 0.717) is 27.4 Å². The van der Waals surface area contributed by atoms with Crippen LogP contribution in [0, 0.1) is 27.7 Å². The molecule has 4 aromatic rings. The molecule has 0 aliphatic heterocycles. The Morgan fingerprint density at radius 1 is 0.681 bits per heavy atom. The minimum absolute atomic E-state index is 0.109. The Bertz CT molecular complexity index is 1770. The molecule has 0 N–H and O–H groups in total. The lowest BCUT2D eigenvalue weighted by atomic mass is 10.0. The number of benzene rings is 4. The zero-order valence-electron chi connectivity index (χ0n) is 28.0. The maximum atomic E-state index is 14.5. The summed E-state index contributed by atoms with van der Waals surface area (Å²) >= 11 is 0. The van der Waals surface area contributed by atoms with Gasteiger partial charge >= 0.3 is 12.1 Å². The van der Waals surface area contributed by atoms with Crippen LogP contribution in [0.1, 0.15) is 86.0 Å². The van der Waals surface area contributed by atoms with Gasteiger partial charge in [0.25, 0.3) is 18.1 Å². The fourth-order valence-electron chi connectivity index (χ4n) is 5.24. The number of rotatable bonds is 7. The van der Waals surface area contributed by atoms with E-state index in [1.807, 2.05) is 19.9 Å². The molecule has 3 amide bonds. The molecule has 0 fully saturated rings. The molecule has 0 saturated carbocycles. The highest BCUT2D eigenvalue weighted by Gasteiger charge is 2.43. The molecular weight excluding hydrogens is 596 g/mol. The van der Waals surface area contributed by atoms with Crippen molar-refractivity contribution in [1.82, 2.24) is 10.0 Å². The van der Waals surface area contributed by atoms with Crippen LogP contribution in [0.2, 0.25) is 0 Å². The van der Waals surface area contributed by atoms with Crippen LogP contribution in [-0.2, 0) is 9.47 Å². The number of hydrogen-bond acceptors (Lipinski definition) is 7. The van der Waals surface area contributed by atoms with Gasteiger partial charge in [-0.15, -0.1) is 5.01 Å². The molecule has 244 valence electrons. The summed E-state index contributed by atoms with van der Waals surface area (Å²) in [7, 11) is 1.47. The SMILES string of the molecule is COc1cccc(C(=O)N(C(=O)OC(OC(=O)c2ccccc2)c2ccccc2C)N(C(=O)c2cc(C)cc(C)c2)C(C)(C)C)c1C. The monoisotopic (exact) mass is 636 g/mol. The van der Waals surface area contributed by atoms with Crippen LogP contribution < -0.4 is 4.74 Å². The summed E-state index contributed by atoms with van der Waals surface area (Å²) in [4.78, 5) is 56.6. The fraction of sp³-hybridized carbons (Fsp3) is 0.263. The predicted molar refractivity (Wildman–Crippen MR) is 178 cm³/mol. The summed E-state index contributed by atoms with van der Waals surface area (Å²) in [5.41, 5.74) is 2.69. The van der Waals surface area contributed by atoms with Gasteiger partial charge in [0.05, 0.1) is 18.2 Å². The largest absolute Gasteiger partial charge is 0.496 e.